The highest BCUT2D eigenvalue weighted by molar-refractivity contribution is 7.13. The monoisotopic (exact) mass is 304 g/mol. The summed E-state index contributed by atoms with van der Waals surface area (Å²) in [5.41, 5.74) is 1.92. The van der Waals surface area contributed by atoms with E-state index in [0.717, 1.165) is 16.5 Å². The summed E-state index contributed by atoms with van der Waals surface area (Å²) in [6.07, 6.45) is 1.71. The number of hydrogen-bond acceptors (Lipinski definition) is 5. The van der Waals surface area contributed by atoms with Crippen LogP contribution in [-0.2, 0) is 4.74 Å². The van der Waals surface area contributed by atoms with Crippen molar-refractivity contribution >= 4 is 39.8 Å². The van der Waals surface area contributed by atoms with Gasteiger partial charge in [0, 0.05) is 22.5 Å². The van der Waals surface area contributed by atoms with Crippen LogP contribution in [0.1, 0.15) is 10.5 Å². The first-order chi connectivity index (χ1) is 9.70. The number of pyridine rings is 1. The number of ether oxygens (including phenoxy) is 1. The molecule has 2 heterocycles. The minimum atomic E-state index is -0.446. The third-order valence-electron chi connectivity index (χ3n) is 2.85. The van der Waals surface area contributed by atoms with Gasteiger partial charge in [-0.05, 0) is 24.3 Å². The Hall–Kier alpha value is -1.98. The fraction of sp³-hybridized carbons (Fsp3) is 0.0714. The van der Waals surface area contributed by atoms with Crippen LogP contribution in [0.5, 0.6) is 0 Å². The summed E-state index contributed by atoms with van der Waals surface area (Å²) in [4.78, 5) is 20.1. The molecule has 0 saturated heterocycles. The molecule has 4 nitrogen and oxygen atoms in total. The first-order valence-electron chi connectivity index (χ1n) is 5.78. The molecule has 0 aliphatic carbocycles. The molecular formula is C14H9ClN2O2S. The third-order valence-corrected chi connectivity index (χ3v) is 4.05. The fourth-order valence-electron chi connectivity index (χ4n) is 1.91. The van der Waals surface area contributed by atoms with Crippen molar-refractivity contribution in [3.05, 3.63) is 46.6 Å². The molecule has 0 unspecified atom stereocenters. The van der Waals surface area contributed by atoms with Crippen molar-refractivity contribution in [1.29, 1.82) is 0 Å². The molecule has 0 spiro atoms. The van der Waals surface area contributed by atoms with Gasteiger partial charge in [-0.3, -0.25) is 4.98 Å². The first-order valence-corrected chi connectivity index (χ1v) is 7.04. The van der Waals surface area contributed by atoms with E-state index in [0.29, 0.717) is 15.7 Å². The minimum absolute atomic E-state index is 0.298. The van der Waals surface area contributed by atoms with Gasteiger partial charge >= 0.3 is 5.97 Å². The summed E-state index contributed by atoms with van der Waals surface area (Å²) < 4.78 is 4.66. The minimum Gasteiger partial charge on any atom is -0.464 e. The van der Waals surface area contributed by atoms with Gasteiger partial charge in [-0.1, -0.05) is 11.6 Å². The molecule has 1 aromatic carbocycles. The lowest BCUT2D eigenvalue weighted by molar-refractivity contribution is 0.0595. The van der Waals surface area contributed by atoms with E-state index >= 15 is 0 Å². The molecule has 2 aromatic heterocycles. The van der Waals surface area contributed by atoms with Gasteiger partial charge in [0.1, 0.15) is 5.01 Å². The van der Waals surface area contributed by atoms with E-state index in [9.17, 15) is 4.79 Å². The molecule has 0 radical (unpaired) electrons. The van der Waals surface area contributed by atoms with E-state index < -0.39 is 5.97 Å². The van der Waals surface area contributed by atoms with E-state index in [2.05, 4.69) is 14.7 Å². The zero-order chi connectivity index (χ0) is 14.1. The molecule has 0 fully saturated rings. The quantitative estimate of drug-likeness (QED) is 0.676. The Morgan fingerprint density at radius 2 is 2.20 bits per heavy atom. The van der Waals surface area contributed by atoms with Crippen molar-refractivity contribution in [2.75, 3.05) is 7.11 Å². The normalized spacial score (nSPS) is 10.7. The van der Waals surface area contributed by atoms with Crippen molar-refractivity contribution in [2.45, 2.75) is 0 Å². The third kappa shape index (κ3) is 2.15. The number of nitrogens with zero attached hydrogens (tertiary/aromatic N) is 2. The van der Waals surface area contributed by atoms with Gasteiger partial charge in [0.2, 0.25) is 0 Å². The second kappa shape index (κ2) is 5.19. The largest absolute Gasteiger partial charge is 0.464 e. The van der Waals surface area contributed by atoms with Crippen molar-refractivity contribution in [3.63, 3.8) is 0 Å². The summed E-state index contributed by atoms with van der Waals surface area (Å²) >= 11 is 7.54. The molecule has 0 amide bonds. The Bertz CT molecular complexity index is 801. The van der Waals surface area contributed by atoms with Crippen LogP contribution in [-0.4, -0.2) is 23.0 Å². The van der Waals surface area contributed by atoms with E-state index in [1.54, 1.807) is 17.6 Å². The number of rotatable bonds is 2. The summed E-state index contributed by atoms with van der Waals surface area (Å²) in [5.74, 6) is -0.446. The number of thiazole rings is 1. The van der Waals surface area contributed by atoms with Crippen LogP contribution in [0.4, 0.5) is 0 Å². The maximum atomic E-state index is 11.5. The molecule has 20 heavy (non-hydrogen) atoms. The molecule has 0 aliphatic rings. The van der Waals surface area contributed by atoms with Crippen LogP contribution >= 0.6 is 22.9 Å². The first kappa shape index (κ1) is 13.0. The van der Waals surface area contributed by atoms with E-state index in [1.165, 1.54) is 18.4 Å². The molecule has 3 rings (SSSR count). The van der Waals surface area contributed by atoms with Crippen LogP contribution < -0.4 is 0 Å². The molecule has 3 aromatic rings. The number of carbonyl (C=O) groups excluding carboxylic acids is 1. The Morgan fingerprint density at radius 1 is 1.35 bits per heavy atom. The Morgan fingerprint density at radius 3 is 3.00 bits per heavy atom. The van der Waals surface area contributed by atoms with Crippen LogP contribution in [0.2, 0.25) is 5.02 Å². The van der Waals surface area contributed by atoms with E-state index in [1.807, 2.05) is 18.2 Å². The van der Waals surface area contributed by atoms with Crippen molar-refractivity contribution in [2.24, 2.45) is 0 Å². The molecule has 100 valence electrons. The maximum Gasteiger partial charge on any atom is 0.357 e. The topological polar surface area (TPSA) is 52.1 Å². The van der Waals surface area contributed by atoms with Crippen LogP contribution in [0, 0.1) is 0 Å². The van der Waals surface area contributed by atoms with Gasteiger partial charge in [-0.2, -0.15) is 0 Å². The van der Waals surface area contributed by atoms with E-state index in [-0.39, 0.29) is 0 Å². The molecule has 0 saturated carbocycles. The average Bonchev–Trinajstić information content (AvgIpc) is 2.97. The highest BCUT2D eigenvalue weighted by atomic mass is 35.5. The molecular weight excluding hydrogens is 296 g/mol. The lowest BCUT2D eigenvalue weighted by Crippen LogP contribution is -2.01. The lowest BCUT2D eigenvalue weighted by atomic mass is 10.1. The van der Waals surface area contributed by atoms with Crippen LogP contribution in [0.3, 0.4) is 0 Å². The van der Waals surface area contributed by atoms with Gasteiger partial charge in [0.15, 0.2) is 5.69 Å². The van der Waals surface area contributed by atoms with Crippen molar-refractivity contribution < 1.29 is 9.53 Å². The van der Waals surface area contributed by atoms with Crippen LogP contribution in [0.15, 0.2) is 35.8 Å². The number of benzene rings is 1. The highest BCUT2D eigenvalue weighted by Crippen LogP contribution is 2.33. The SMILES string of the molecule is COC(=O)c1csc(-c2ccc(Cl)c3cccnc23)n1. The Balaban J connectivity index is 2.17. The molecule has 6 heteroatoms. The molecule has 0 N–H and O–H groups in total. The van der Waals surface area contributed by atoms with Crippen molar-refractivity contribution in [1.82, 2.24) is 9.97 Å². The molecule has 0 atom stereocenters. The maximum absolute atomic E-state index is 11.5. The van der Waals surface area contributed by atoms with Crippen LogP contribution in [0.25, 0.3) is 21.5 Å². The standard InChI is InChI=1S/C14H9ClN2O2S/c1-19-14(18)11-7-20-13(17-11)9-4-5-10(15)8-3-2-6-16-12(8)9/h2-7H,1H3. The fourth-order valence-corrected chi connectivity index (χ4v) is 2.94. The second-order valence-electron chi connectivity index (χ2n) is 4.02. The summed E-state index contributed by atoms with van der Waals surface area (Å²) in [6, 6.07) is 7.40. The number of halogens is 1. The van der Waals surface area contributed by atoms with Gasteiger partial charge in [0.05, 0.1) is 17.6 Å². The summed E-state index contributed by atoms with van der Waals surface area (Å²) in [6.45, 7) is 0. The van der Waals surface area contributed by atoms with Crippen molar-refractivity contribution in [3.8, 4) is 10.6 Å². The smallest absolute Gasteiger partial charge is 0.357 e. The molecule has 0 aliphatic heterocycles. The van der Waals surface area contributed by atoms with Gasteiger partial charge < -0.3 is 4.74 Å². The number of esters is 1. The summed E-state index contributed by atoms with van der Waals surface area (Å²) in [7, 11) is 1.33. The lowest BCUT2D eigenvalue weighted by Gasteiger charge is -2.04. The van der Waals surface area contributed by atoms with Gasteiger partial charge in [-0.25, -0.2) is 9.78 Å². The second-order valence-corrected chi connectivity index (χ2v) is 5.29. The number of hydrogen-bond donors (Lipinski definition) is 0. The predicted octanol–water partition coefficient (Wildman–Crippen LogP) is 3.80. The zero-order valence-corrected chi connectivity index (χ0v) is 12.0. The van der Waals surface area contributed by atoms with Gasteiger partial charge in [-0.15, -0.1) is 11.3 Å². The van der Waals surface area contributed by atoms with E-state index in [4.69, 9.17) is 11.6 Å². The Kier molecular flexibility index (Phi) is 3.38. The highest BCUT2D eigenvalue weighted by Gasteiger charge is 2.14. The Labute approximate surface area is 124 Å². The average molecular weight is 305 g/mol. The number of fused-ring (bicyclic) bond motifs is 1. The number of aromatic nitrogens is 2. The van der Waals surface area contributed by atoms with Gasteiger partial charge in [0.25, 0.3) is 0 Å². The number of methoxy groups -OCH3 is 1. The predicted molar refractivity (Wildman–Crippen MR) is 79.2 cm³/mol. The molecule has 0 bridgehead atoms. The zero-order valence-electron chi connectivity index (χ0n) is 10.5. The summed E-state index contributed by atoms with van der Waals surface area (Å²) in [5, 5.41) is 3.89. The number of carbonyl (C=O) groups is 1.